The second-order valence-electron chi connectivity index (χ2n) is 7.07. The Morgan fingerprint density at radius 1 is 1.17 bits per heavy atom. The zero-order valence-electron chi connectivity index (χ0n) is 14.6. The third kappa shape index (κ3) is 4.55. The van der Waals surface area contributed by atoms with E-state index >= 15 is 0 Å². The van der Waals surface area contributed by atoms with Gasteiger partial charge in [0.1, 0.15) is 0 Å². The number of rotatable bonds is 6. The molecule has 1 aliphatic rings. The van der Waals surface area contributed by atoms with E-state index in [0.29, 0.717) is 5.15 Å². The lowest BCUT2D eigenvalue weighted by Gasteiger charge is -2.24. The van der Waals surface area contributed by atoms with Gasteiger partial charge >= 0.3 is 0 Å². The van der Waals surface area contributed by atoms with Crippen LogP contribution in [0.25, 0.3) is 11.3 Å². The molecule has 3 rings (SSSR count). The molecule has 0 radical (unpaired) electrons. The highest BCUT2D eigenvalue weighted by Crippen LogP contribution is 2.21. The van der Waals surface area contributed by atoms with Crippen LogP contribution < -0.4 is 0 Å². The molecule has 2 atom stereocenters. The van der Waals surface area contributed by atoms with E-state index in [4.69, 9.17) is 11.6 Å². The Morgan fingerprint density at radius 2 is 1.96 bits per heavy atom. The van der Waals surface area contributed by atoms with Crippen LogP contribution in [-0.4, -0.2) is 34.2 Å². The minimum absolute atomic E-state index is 0.427. The Balaban J connectivity index is 1.51. The van der Waals surface area contributed by atoms with Crippen LogP contribution in [-0.2, 0) is 6.42 Å². The molecule has 0 saturated carbocycles. The normalized spacial score (nSPS) is 19.5. The van der Waals surface area contributed by atoms with E-state index in [2.05, 4.69) is 53.2 Å². The number of aromatic nitrogens is 2. The Labute approximate surface area is 150 Å². The molecule has 3 nitrogen and oxygen atoms in total. The lowest BCUT2D eigenvalue weighted by atomic mass is 9.99. The summed E-state index contributed by atoms with van der Waals surface area (Å²) in [7, 11) is 0. The van der Waals surface area contributed by atoms with E-state index < -0.39 is 0 Å². The number of hydrogen-bond acceptors (Lipinski definition) is 3. The van der Waals surface area contributed by atoms with Crippen molar-refractivity contribution in [1.82, 2.24) is 15.1 Å². The molecule has 0 bridgehead atoms. The van der Waals surface area contributed by atoms with Gasteiger partial charge in [-0.05, 0) is 62.8 Å². The second kappa shape index (κ2) is 8.09. The predicted octanol–water partition coefficient (Wildman–Crippen LogP) is 4.85. The summed E-state index contributed by atoms with van der Waals surface area (Å²) in [5, 5.41) is 8.46. The Morgan fingerprint density at radius 3 is 2.58 bits per heavy atom. The SMILES string of the molecule is C[C@H](CCc1ccc(-c2ccc(Cl)nn2)cc1)CN1CCC[C@H]1C. The summed E-state index contributed by atoms with van der Waals surface area (Å²) in [6, 6.07) is 13.1. The van der Waals surface area contributed by atoms with Gasteiger partial charge in [0, 0.05) is 18.2 Å². The fraction of sp³-hybridized carbons (Fsp3) is 0.500. The van der Waals surface area contributed by atoms with E-state index in [-0.39, 0.29) is 0 Å². The molecule has 0 aliphatic carbocycles. The van der Waals surface area contributed by atoms with Crippen LogP contribution in [0.4, 0.5) is 0 Å². The first kappa shape index (κ1) is 17.4. The average molecular weight is 344 g/mol. The van der Waals surface area contributed by atoms with Crippen molar-refractivity contribution in [2.24, 2.45) is 5.92 Å². The van der Waals surface area contributed by atoms with E-state index in [1.807, 2.05) is 6.07 Å². The molecule has 2 aromatic rings. The van der Waals surface area contributed by atoms with Crippen LogP contribution in [0.15, 0.2) is 36.4 Å². The van der Waals surface area contributed by atoms with Crippen LogP contribution in [0.5, 0.6) is 0 Å². The lowest BCUT2D eigenvalue weighted by Crippen LogP contribution is -2.31. The highest BCUT2D eigenvalue weighted by Gasteiger charge is 2.21. The topological polar surface area (TPSA) is 29.0 Å². The molecule has 0 amide bonds. The molecule has 1 aromatic carbocycles. The number of nitrogens with zero attached hydrogens (tertiary/aromatic N) is 3. The molecule has 4 heteroatoms. The average Bonchev–Trinajstić information content (AvgIpc) is 2.99. The molecule has 1 fully saturated rings. The Hall–Kier alpha value is -1.45. The largest absolute Gasteiger partial charge is 0.300 e. The minimum atomic E-state index is 0.427. The molecule has 1 saturated heterocycles. The Bertz CT molecular complexity index is 639. The number of halogens is 1. The standard InChI is InChI=1S/C20H26ClN3/c1-15(14-24-13-3-4-16(24)2)5-6-17-7-9-18(10-8-17)19-11-12-20(21)23-22-19/h7-12,15-16H,3-6,13-14H2,1-2H3/t15-,16-/m1/s1. The predicted molar refractivity (Wildman–Crippen MR) is 100 cm³/mol. The van der Waals surface area contributed by atoms with E-state index in [1.54, 1.807) is 6.07 Å². The number of benzene rings is 1. The smallest absolute Gasteiger partial charge is 0.151 e. The monoisotopic (exact) mass is 343 g/mol. The maximum Gasteiger partial charge on any atom is 0.151 e. The van der Waals surface area contributed by atoms with Gasteiger partial charge in [-0.1, -0.05) is 42.8 Å². The zero-order valence-corrected chi connectivity index (χ0v) is 15.3. The van der Waals surface area contributed by atoms with Gasteiger partial charge < -0.3 is 4.90 Å². The van der Waals surface area contributed by atoms with Gasteiger partial charge in [0.15, 0.2) is 5.15 Å². The van der Waals surface area contributed by atoms with Crippen LogP contribution in [0, 0.1) is 5.92 Å². The first-order valence-corrected chi connectivity index (χ1v) is 9.32. The van der Waals surface area contributed by atoms with Crippen molar-refractivity contribution in [3.63, 3.8) is 0 Å². The molecule has 24 heavy (non-hydrogen) atoms. The number of hydrogen-bond donors (Lipinski definition) is 0. The van der Waals surface area contributed by atoms with Crippen molar-refractivity contribution in [2.45, 2.75) is 45.6 Å². The molecule has 1 aliphatic heterocycles. The molecule has 0 spiro atoms. The summed E-state index contributed by atoms with van der Waals surface area (Å²) >= 11 is 5.79. The fourth-order valence-electron chi connectivity index (χ4n) is 3.48. The Kier molecular flexibility index (Phi) is 5.85. The third-order valence-electron chi connectivity index (χ3n) is 5.04. The zero-order chi connectivity index (χ0) is 16.9. The molecule has 128 valence electrons. The van der Waals surface area contributed by atoms with Crippen LogP contribution in [0.1, 0.15) is 38.7 Å². The molecule has 2 heterocycles. The van der Waals surface area contributed by atoms with E-state index in [1.165, 1.54) is 37.9 Å². The van der Waals surface area contributed by atoms with Gasteiger partial charge in [0.25, 0.3) is 0 Å². The molecule has 0 N–H and O–H groups in total. The number of likely N-dealkylation sites (tertiary alicyclic amines) is 1. The van der Waals surface area contributed by atoms with Crippen LogP contribution in [0.3, 0.4) is 0 Å². The van der Waals surface area contributed by atoms with Gasteiger partial charge in [-0.3, -0.25) is 0 Å². The van der Waals surface area contributed by atoms with Crippen LogP contribution in [0.2, 0.25) is 5.15 Å². The third-order valence-corrected chi connectivity index (χ3v) is 5.25. The molecule has 0 unspecified atom stereocenters. The molecule has 1 aromatic heterocycles. The first-order chi connectivity index (χ1) is 11.6. The van der Waals surface area contributed by atoms with E-state index in [0.717, 1.165) is 29.6 Å². The maximum absolute atomic E-state index is 5.79. The van der Waals surface area contributed by atoms with Crippen molar-refractivity contribution in [2.75, 3.05) is 13.1 Å². The van der Waals surface area contributed by atoms with Crippen molar-refractivity contribution in [3.8, 4) is 11.3 Å². The lowest BCUT2D eigenvalue weighted by molar-refractivity contribution is 0.227. The van der Waals surface area contributed by atoms with Crippen LogP contribution >= 0.6 is 11.6 Å². The molecular weight excluding hydrogens is 318 g/mol. The highest BCUT2D eigenvalue weighted by atomic mass is 35.5. The van der Waals surface area contributed by atoms with Gasteiger partial charge in [-0.25, -0.2) is 0 Å². The summed E-state index contributed by atoms with van der Waals surface area (Å²) in [5.74, 6) is 0.743. The second-order valence-corrected chi connectivity index (χ2v) is 7.46. The highest BCUT2D eigenvalue weighted by molar-refractivity contribution is 6.29. The van der Waals surface area contributed by atoms with Crippen molar-refractivity contribution < 1.29 is 0 Å². The van der Waals surface area contributed by atoms with Crippen molar-refractivity contribution in [1.29, 1.82) is 0 Å². The summed E-state index contributed by atoms with van der Waals surface area (Å²) in [6.45, 7) is 7.25. The fourth-order valence-corrected chi connectivity index (χ4v) is 3.58. The summed E-state index contributed by atoms with van der Waals surface area (Å²) in [5.41, 5.74) is 3.34. The van der Waals surface area contributed by atoms with Gasteiger partial charge in [-0.15, -0.1) is 10.2 Å². The van der Waals surface area contributed by atoms with Gasteiger partial charge in [0.2, 0.25) is 0 Å². The summed E-state index contributed by atoms with van der Waals surface area (Å²) in [6.07, 6.45) is 5.10. The summed E-state index contributed by atoms with van der Waals surface area (Å²) < 4.78 is 0. The van der Waals surface area contributed by atoms with Crippen molar-refractivity contribution in [3.05, 3.63) is 47.1 Å². The molecular formula is C20H26ClN3. The van der Waals surface area contributed by atoms with Gasteiger partial charge in [0.05, 0.1) is 5.69 Å². The van der Waals surface area contributed by atoms with E-state index in [9.17, 15) is 0 Å². The minimum Gasteiger partial charge on any atom is -0.300 e. The summed E-state index contributed by atoms with van der Waals surface area (Å²) in [4.78, 5) is 2.65. The maximum atomic E-state index is 5.79. The van der Waals surface area contributed by atoms with Crippen molar-refractivity contribution >= 4 is 11.6 Å². The first-order valence-electron chi connectivity index (χ1n) is 8.94. The number of aryl methyl sites for hydroxylation is 1. The van der Waals surface area contributed by atoms with Gasteiger partial charge in [-0.2, -0.15) is 0 Å². The quantitative estimate of drug-likeness (QED) is 0.750.